The molecule has 0 bridgehead atoms. The van der Waals surface area contributed by atoms with E-state index in [1.165, 1.54) is 14.0 Å². The van der Waals surface area contributed by atoms with Gasteiger partial charge in [-0.2, -0.15) is 0 Å². The molecule has 0 aliphatic carbocycles. The van der Waals surface area contributed by atoms with E-state index in [9.17, 15) is 4.79 Å². The first-order valence-corrected chi connectivity index (χ1v) is 11.1. The second-order valence-electron chi connectivity index (χ2n) is 7.54. The average Bonchev–Trinajstić information content (AvgIpc) is 2.74. The van der Waals surface area contributed by atoms with Crippen molar-refractivity contribution in [2.75, 3.05) is 39.8 Å². The predicted molar refractivity (Wildman–Crippen MR) is 140 cm³/mol. The van der Waals surface area contributed by atoms with Crippen LogP contribution in [-0.2, 0) is 4.79 Å². The fourth-order valence-electron chi connectivity index (χ4n) is 2.69. The third kappa shape index (κ3) is 16.9. The summed E-state index contributed by atoms with van der Waals surface area (Å²) in [4.78, 5) is 29.8. The second kappa shape index (κ2) is 17.8. The lowest BCUT2D eigenvalue weighted by molar-refractivity contribution is -0.128. The molecule has 12 N–H and O–H groups in total. The Kier molecular flexibility index (Phi) is 15.9. The van der Waals surface area contributed by atoms with Crippen LogP contribution < -0.4 is 33.6 Å². The van der Waals surface area contributed by atoms with Gasteiger partial charge in [0.2, 0.25) is 5.91 Å². The highest BCUT2D eigenvalue weighted by Gasteiger charge is 2.07. The van der Waals surface area contributed by atoms with Gasteiger partial charge in [0.05, 0.1) is 0 Å². The number of nitrogens with two attached hydrogens (primary N) is 4. The third-order valence-electron chi connectivity index (χ3n) is 4.33. The first-order valence-electron chi connectivity index (χ1n) is 11.1. The van der Waals surface area contributed by atoms with Crippen LogP contribution >= 0.6 is 0 Å². The van der Waals surface area contributed by atoms with Crippen molar-refractivity contribution in [2.45, 2.75) is 46.0 Å². The van der Waals surface area contributed by atoms with Crippen LogP contribution in [0.2, 0.25) is 0 Å². The summed E-state index contributed by atoms with van der Waals surface area (Å²) in [6, 6.07) is 0. The molecule has 34 heavy (non-hydrogen) atoms. The van der Waals surface area contributed by atoms with Gasteiger partial charge >= 0.3 is 0 Å². The standard InChI is InChI=1S/C20H41N13O/c1-14(21)13-16(22)7-4-8-28-19(25)32-20(26)30-10-6-12-33(15(2)34)11-5-9-29-18(24)31-17(23)27-3/h21-22H,4-13H2,1-3H3,(H5,23,24,27,29,31)(H5,25,26,28,30,32). The number of nitrogens with one attached hydrogen (secondary N) is 4. The maximum atomic E-state index is 11.8. The van der Waals surface area contributed by atoms with Gasteiger partial charge in [-0.05, 0) is 32.6 Å². The molecule has 0 radical (unpaired) electrons. The van der Waals surface area contributed by atoms with Crippen molar-refractivity contribution in [1.82, 2.24) is 15.5 Å². The molecule has 0 aromatic carbocycles. The molecule has 14 nitrogen and oxygen atoms in total. The minimum absolute atomic E-state index is 0.0345. The van der Waals surface area contributed by atoms with E-state index in [4.69, 9.17) is 33.8 Å². The first-order chi connectivity index (χ1) is 16.0. The number of carbonyl (C=O) groups is 1. The zero-order valence-electron chi connectivity index (χ0n) is 20.5. The number of aliphatic imine (C=N–C) groups is 4. The summed E-state index contributed by atoms with van der Waals surface area (Å²) in [6.07, 6.45) is 2.90. The van der Waals surface area contributed by atoms with Crippen LogP contribution in [0, 0.1) is 10.8 Å². The molecule has 192 valence electrons. The van der Waals surface area contributed by atoms with Crippen molar-refractivity contribution in [2.24, 2.45) is 42.9 Å². The molecule has 1 amide bonds. The van der Waals surface area contributed by atoms with Crippen LogP contribution in [0.25, 0.3) is 0 Å². The lowest BCUT2D eigenvalue weighted by atomic mass is 10.1. The zero-order valence-corrected chi connectivity index (χ0v) is 20.5. The van der Waals surface area contributed by atoms with Gasteiger partial charge in [0.25, 0.3) is 0 Å². The summed E-state index contributed by atoms with van der Waals surface area (Å²) in [7, 11) is 1.54. The number of nitrogens with zero attached hydrogens (tertiary/aromatic N) is 5. The number of hydrogen-bond acceptors (Lipinski definition) is 7. The number of carbonyl (C=O) groups excluding carboxylic acids is 1. The van der Waals surface area contributed by atoms with Crippen LogP contribution in [0.3, 0.4) is 0 Å². The Balaban J connectivity index is 4.25. The minimum atomic E-state index is -0.0345. The van der Waals surface area contributed by atoms with Crippen LogP contribution in [-0.4, -0.2) is 85.8 Å². The van der Waals surface area contributed by atoms with E-state index in [0.717, 1.165) is 0 Å². The van der Waals surface area contributed by atoms with E-state index in [1.807, 2.05) is 0 Å². The van der Waals surface area contributed by atoms with Gasteiger partial charge in [0.1, 0.15) is 0 Å². The number of guanidine groups is 4. The Bertz CT molecular complexity index is 785. The van der Waals surface area contributed by atoms with Gasteiger partial charge in [-0.3, -0.25) is 35.4 Å². The maximum Gasteiger partial charge on any atom is 0.219 e. The lowest BCUT2D eigenvalue weighted by Gasteiger charge is -2.20. The van der Waals surface area contributed by atoms with Crippen molar-refractivity contribution in [3.63, 3.8) is 0 Å². The quantitative estimate of drug-likeness (QED) is 0.0867. The van der Waals surface area contributed by atoms with E-state index in [0.29, 0.717) is 76.3 Å². The van der Waals surface area contributed by atoms with Crippen molar-refractivity contribution in [3.05, 3.63) is 0 Å². The topological polar surface area (TPSA) is 246 Å². The summed E-state index contributed by atoms with van der Waals surface area (Å²) >= 11 is 0. The van der Waals surface area contributed by atoms with Gasteiger partial charge in [0.15, 0.2) is 23.8 Å². The largest absolute Gasteiger partial charge is 0.370 e. The molecule has 0 aliphatic heterocycles. The number of amides is 1. The second-order valence-corrected chi connectivity index (χ2v) is 7.54. The number of rotatable bonds is 14. The molecule has 14 heteroatoms. The molecule has 0 aliphatic rings. The van der Waals surface area contributed by atoms with Crippen LogP contribution in [0.5, 0.6) is 0 Å². The highest BCUT2D eigenvalue weighted by molar-refractivity contribution is 6.00. The monoisotopic (exact) mass is 479 g/mol. The molecule has 0 aromatic heterocycles. The maximum absolute atomic E-state index is 11.8. The minimum Gasteiger partial charge on any atom is -0.370 e. The van der Waals surface area contributed by atoms with Gasteiger partial charge in [-0.25, -0.2) is 0 Å². The lowest BCUT2D eigenvalue weighted by Crippen LogP contribution is -2.42. The molecule has 0 fully saturated rings. The van der Waals surface area contributed by atoms with Crippen molar-refractivity contribution < 1.29 is 4.79 Å². The van der Waals surface area contributed by atoms with Gasteiger partial charge in [-0.1, -0.05) is 0 Å². The molecule has 0 spiro atoms. The summed E-state index contributed by atoms with van der Waals surface area (Å²) < 4.78 is 0. The van der Waals surface area contributed by atoms with Crippen molar-refractivity contribution >= 4 is 41.2 Å². The van der Waals surface area contributed by atoms with E-state index < -0.39 is 0 Å². The Morgan fingerprint density at radius 2 is 1.24 bits per heavy atom. The van der Waals surface area contributed by atoms with Crippen LogP contribution in [0.4, 0.5) is 0 Å². The Labute approximate surface area is 201 Å². The molecule has 0 saturated heterocycles. The van der Waals surface area contributed by atoms with E-state index in [1.54, 1.807) is 11.8 Å². The molecular formula is C20H41N13O. The van der Waals surface area contributed by atoms with Crippen LogP contribution in [0.1, 0.15) is 46.0 Å². The van der Waals surface area contributed by atoms with Gasteiger partial charge < -0.3 is 38.7 Å². The molecule has 0 aromatic rings. The summed E-state index contributed by atoms with van der Waals surface area (Å²) in [5.41, 5.74) is 23.8. The summed E-state index contributed by atoms with van der Waals surface area (Å²) in [6.45, 7) is 5.58. The number of hydrogen-bond donors (Lipinski definition) is 8. The fraction of sp³-hybridized carbons (Fsp3) is 0.650. The molecule has 0 heterocycles. The molecule has 0 rings (SSSR count). The summed E-state index contributed by atoms with van der Waals surface area (Å²) in [5, 5.41) is 20.5. The average molecular weight is 480 g/mol. The van der Waals surface area contributed by atoms with Crippen LogP contribution in [0.15, 0.2) is 20.0 Å². The first kappa shape index (κ1) is 30.3. The molecular weight excluding hydrogens is 438 g/mol. The zero-order chi connectivity index (χ0) is 25.9. The summed E-state index contributed by atoms with van der Waals surface area (Å²) in [5.74, 6) is 0.626. The van der Waals surface area contributed by atoms with E-state index in [2.05, 4.69) is 30.6 Å². The smallest absolute Gasteiger partial charge is 0.219 e. The Morgan fingerprint density at radius 3 is 1.65 bits per heavy atom. The Hall–Kier alpha value is -3.71. The molecule has 0 unspecified atom stereocenters. The SMILES string of the molecule is CN=C(N)NC(N)=NCCCN(CCCN=C(N)NC(N)=NCCCC(=N)CC(C)=N)C(C)=O. The highest BCUT2D eigenvalue weighted by Crippen LogP contribution is 1.98. The Morgan fingerprint density at radius 1 is 0.794 bits per heavy atom. The third-order valence-corrected chi connectivity index (χ3v) is 4.33. The van der Waals surface area contributed by atoms with Crippen molar-refractivity contribution in [3.8, 4) is 0 Å². The molecule has 0 atom stereocenters. The normalized spacial score (nSPS) is 12.9. The van der Waals surface area contributed by atoms with Crippen molar-refractivity contribution in [1.29, 1.82) is 10.8 Å². The van der Waals surface area contributed by atoms with Gasteiger partial charge in [0, 0.05) is 64.5 Å². The predicted octanol–water partition coefficient (Wildman–Crippen LogP) is -1.09. The van der Waals surface area contributed by atoms with Gasteiger partial charge in [-0.15, -0.1) is 0 Å². The van der Waals surface area contributed by atoms with E-state index >= 15 is 0 Å². The fourth-order valence-corrected chi connectivity index (χ4v) is 2.69. The molecule has 0 saturated carbocycles. The highest BCUT2D eigenvalue weighted by atomic mass is 16.2. The van der Waals surface area contributed by atoms with E-state index in [-0.39, 0.29) is 29.7 Å².